The second kappa shape index (κ2) is 7.03. The first-order valence-corrected chi connectivity index (χ1v) is 9.25. The third-order valence-corrected chi connectivity index (χ3v) is 5.21. The molecule has 3 heterocycles. The number of amides is 1. The minimum Gasteiger partial charge on any atom is -0.334 e. The molecule has 9 heteroatoms. The first-order valence-electron chi connectivity index (χ1n) is 9.25. The van der Waals surface area contributed by atoms with Crippen molar-refractivity contribution in [1.82, 2.24) is 19.7 Å². The molecule has 6 nitrogen and oxygen atoms in total. The molecule has 1 amide bonds. The van der Waals surface area contributed by atoms with Gasteiger partial charge in [-0.3, -0.25) is 14.6 Å². The Morgan fingerprint density at radius 3 is 2.57 bits per heavy atom. The number of alkyl halides is 3. The van der Waals surface area contributed by atoms with Crippen molar-refractivity contribution in [3.8, 4) is 0 Å². The van der Waals surface area contributed by atoms with Crippen LogP contribution >= 0.6 is 0 Å². The van der Waals surface area contributed by atoms with Gasteiger partial charge in [0.2, 0.25) is 0 Å². The lowest BCUT2D eigenvalue weighted by Crippen LogP contribution is -2.40. The van der Waals surface area contributed by atoms with Crippen molar-refractivity contribution in [2.45, 2.75) is 50.4 Å². The predicted molar refractivity (Wildman–Crippen MR) is 93.8 cm³/mol. The van der Waals surface area contributed by atoms with Gasteiger partial charge in [-0.1, -0.05) is 0 Å². The summed E-state index contributed by atoms with van der Waals surface area (Å²) in [5.41, 5.74) is -0.260. The van der Waals surface area contributed by atoms with E-state index in [0.29, 0.717) is 18.9 Å². The van der Waals surface area contributed by atoms with Crippen molar-refractivity contribution in [3.05, 3.63) is 57.8 Å². The third kappa shape index (κ3) is 3.79. The summed E-state index contributed by atoms with van der Waals surface area (Å²) in [6.07, 6.45) is 0.0271. The molecule has 2 aromatic rings. The Kier molecular flexibility index (Phi) is 4.68. The summed E-state index contributed by atoms with van der Waals surface area (Å²) in [7, 11) is 0. The molecular weight excluding hydrogens is 373 g/mol. The van der Waals surface area contributed by atoms with Crippen LogP contribution in [-0.4, -0.2) is 38.2 Å². The van der Waals surface area contributed by atoms with Gasteiger partial charge in [0.1, 0.15) is 5.69 Å². The van der Waals surface area contributed by atoms with Gasteiger partial charge in [-0.25, -0.2) is 4.68 Å². The zero-order valence-electron chi connectivity index (χ0n) is 15.0. The average Bonchev–Trinajstić information content (AvgIpc) is 3.41. The number of likely N-dealkylation sites (tertiary alicyclic amines) is 1. The molecule has 1 saturated heterocycles. The normalized spacial score (nSPS) is 19.8. The number of pyridine rings is 1. The Hall–Kier alpha value is -2.71. The number of halogens is 3. The van der Waals surface area contributed by atoms with Gasteiger partial charge in [0, 0.05) is 24.7 Å². The van der Waals surface area contributed by atoms with Crippen molar-refractivity contribution in [2.24, 2.45) is 0 Å². The second-order valence-electron chi connectivity index (χ2n) is 7.28. The highest BCUT2D eigenvalue weighted by atomic mass is 19.4. The van der Waals surface area contributed by atoms with E-state index in [1.165, 1.54) is 10.7 Å². The highest BCUT2D eigenvalue weighted by Gasteiger charge is 2.34. The Labute approximate surface area is 159 Å². The standard InChI is InChI=1S/C19H19F3N4O2/c20-19(21,22)16-7-5-13(10-23-16)18(28)25-9-1-2-14(25)11-26-17(27)8-6-15(24-26)12-3-4-12/h5-8,10,12,14H,1-4,9,11H2. The molecule has 0 bridgehead atoms. The molecule has 0 spiro atoms. The average molecular weight is 392 g/mol. The fourth-order valence-electron chi connectivity index (χ4n) is 3.54. The van der Waals surface area contributed by atoms with Crippen LogP contribution in [0.1, 0.15) is 53.3 Å². The molecule has 1 saturated carbocycles. The van der Waals surface area contributed by atoms with Gasteiger partial charge < -0.3 is 4.90 Å². The number of hydrogen-bond donors (Lipinski definition) is 0. The maximum absolute atomic E-state index is 12.8. The first-order chi connectivity index (χ1) is 13.3. The van der Waals surface area contributed by atoms with Crippen molar-refractivity contribution in [2.75, 3.05) is 6.54 Å². The number of carbonyl (C=O) groups is 1. The van der Waals surface area contributed by atoms with Crippen molar-refractivity contribution in [3.63, 3.8) is 0 Å². The zero-order valence-corrected chi connectivity index (χ0v) is 15.0. The number of nitrogens with zero attached hydrogens (tertiary/aromatic N) is 4. The molecule has 4 rings (SSSR count). The molecule has 2 fully saturated rings. The molecule has 0 radical (unpaired) electrons. The minimum absolute atomic E-state index is 0.104. The topological polar surface area (TPSA) is 68.1 Å². The summed E-state index contributed by atoms with van der Waals surface area (Å²) in [5, 5.41) is 4.43. The van der Waals surface area contributed by atoms with Crippen LogP contribution in [0.2, 0.25) is 0 Å². The molecule has 2 aliphatic rings. The van der Waals surface area contributed by atoms with E-state index in [4.69, 9.17) is 0 Å². The highest BCUT2D eigenvalue weighted by molar-refractivity contribution is 5.94. The summed E-state index contributed by atoms with van der Waals surface area (Å²) >= 11 is 0. The molecule has 28 heavy (non-hydrogen) atoms. The summed E-state index contributed by atoms with van der Waals surface area (Å²) < 4.78 is 39.4. The zero-order chi connectivity index (χ0) is 19.9. The van der Waals surface area contributed by atoms with Crippen molar-refractivity contribution in [1.29, 1.82) is 0 Å². The third-order valence-electron chi connectivity index (χ3n) is 5.21. The predicted octanol–water partition coefficient (Wildman–Crippen LogP) is 2.84. The Balaban J connectivity index is 1.51. The number of carbonyl (C=O) groups excluding carboxylic acids is 1. The van der Waals surface area contributed by atoms with Crippen LogP contribution in [0.3, 0.4) is 0 Å². The Morgan fingerprint density at radius 2 is 1.93 bits per heavy atom. The van der Waals surface area contributed by atoms with Gasteiger partial charge >= 0.3 is 6.18 Å². The van der Waals surface area contributed by atoms with Gasteiger partial charge in [-0.2, -0.15) is 18.3 Å². The lowest BCUT2D eigenvalue weighted by Gasteiger charge is -2.25. The van der Waals surface area contributed by atoms with E-state index in [2.05, 4.69) is 10.1 Å². The Morgan fingerprint density at radius 1 is 1.14 bits per heavy atom. The molecular formula is C19H19F3N4O2. The molecule has 1 aliphatic heterocycles. The van der Waals surface area contributed by atoms with E-state index in [9.17, 15) is 22.8 Å². The fraction of sp³-hybridized carbons (Fsp3) is 0.474. The molecule has 0 aromatic carbocycles. The van der Waals surface area contributed by atoms with E-state index in [0.717, 1.165) is 43.3 Å². The number of rotatable bonds is 4. The summed E-state index contributed by atoms with van der Waals surface area (Å²) in [6.45, 7) is 0.765. The molecule has 1 aliphatic carbocycles. The summed E-state index contributed by atoms with van der Waals surface area (Å²) in [4.78, 5) is 29.9. The van der Waals surface area contributed by atoms with Crippen LogP contribution < -0.4 is 5.56 Å². The van der Waals surface area contributed by atoms with E-state index in [-0.39, 0.29) is 29.6 Å². The van der Waals surface area contributed by atoms with Crippen LogP contribution in [0.4, 0.5) is 13.2 Å². The number of hydrogen-bond acceptors (Lipinski definition) is 4. The van der Waals surface area contributed by atoms with E-state index in [1.54, 1.807) is 11.0 Å². The molecule has 148 valence electrons. The van der Waals surface area contributed by atoms with E-state index >= 15 is 0 Å². The van der Waals surface area contributed by atoms with Crippen LogP contribution in [0.5, 0.6) is 0 Å². The SMILES string of the molecule is O=C(c1ccc(C(F)(F)F)nc1)N1CCCC1Cn1nc(C2CC2)ccc1=O. The van der Waals surface area contributed by atoms with Gasteiger partial charge in [0.05, 0.1) is 23.8 Å². The number of aromatic nitrogens is 3. The molecule has 0 N–H and O–H groups in total. The van der Waals surface area contributed by atoms with Crippen LogP contribution in [0, 0.1) is 0 Å². The minimum atomic E-state index is -4.54. The van der Waals surface area contributed by atoms with E-state index < -0.39 is 11.9 Å². The first kappa shape index (κ1) is 18.6. The Bertz CT molecular complexity index is 935. The monoisotopic (exact) mass is 392 g/mol. The maximum atomic E-state index is 12.8. The van der Waals surface area contributed by atoms with Gasteiger partial charge in [-0.05, 0) is 43.9 Å². The molecule has 2 aromatic heterocycles. The summed E-state index contributed by atoms with van der Waals surface area (Å²) in [6, 6.07) is 4.98. The van der Waals surface area contributed by atoms with Crippen molar-refractivity contribution < 1.29 is 18.0 Å². The van der Waals surface area contributed by atoms with Crippen LogP contribution in [0.15, 0.2) is 35.3 Å². The van der Waals surface area contributed by atoms with Gasteiger partial charge in [-0.15, -0.1) is 0 Å². The molecule has 1 unspecified atom stereocenters. The second-order valence-corrected chi connectivity index (χ2v) is 7.28. The van der Waals surface area contributed by atoms with Gasteiger partial charge in [0.15, 0.2) is 0 Å². The molecule has 1 atom stereocenters. The van der Waals surface area contributed by atoms with Crippen molar-refractivity contribution >= 4 is 5.91 Å². The van der Waals surface area contributed by atoms with Gasteiger partial charge in [0.25, 0.3) is 11.5 Å². The summed E-state index contributed by atoms with van der Waals surface area (Å²) in [5.74, 6) is 0.0292. The lowest BCUT2D eigenvalue weighted by molar-refractivity contribution is -0.141. The maximum Gasteiger partial charge on any atom is 0.433 e. The van der Waals surface area contributed by atoms with Crippen LogP contribution in [0.25, 0.3) is 0 Å². The quantitative estimate of drug-likeness (QED) is 0.803. The van der Waals surface area contributed by atoms with E-state index in [1.807, 2.05) is 0 Å². The van der Waals surface area contributed by atoms with Crippen LogP contribution in [-0.2, 0) is 12.7 Å². The fourth-order valence-corrected chi connectivity index (χ4v) is 3.54. The smallest absolute Gasteiger partial charge is 0.334 e. The highest BCUT2D eigenvalue weighted by Crippen LogP contribution is 2.38. The largest absolute Gasteiger partial charge is 0.433 e. The lowest BCUT2D eigenvalue weighted by atomic mass is 10.2.